The fourth-order valence-corrected chi connectivity index (χ4v) is 2.56. The van der Waals surface area contributed by atoms with E-state index in [1.165, 1.54) is 32.1 Å². The molecule has 0 aromatic heterocycles. The fourth-order valence-electron chi connectivity index (χ4n) is 2.56. The highest BCUT2D eigenvalue weighted by atomic mass is 16.2. The van der Waals surface area contributed by atoms with E-state index >= 15 is 0 Å². The third kappa shape index (κ3) is 1.27. The van der Waals surface area contributed by atoms with E-state index in [2.05, 4.69) is 10.9 Å². The number of nitrogens with one attached hydrogen (secondary N) is 2. The van der Waals surface area contributed by atoms with E-state index in [1.54, 1.807) is 0 Å². The molecular weight excluding hydrogens is 154 g/mol. The number of hydrogen-bond donors (Lipinski definition) is 3. The second-order valence-corrected chi connectivity index (χ2v) is 4.04. The number of carbonyl (C=O) groups is 1. The molecule has 2 aliphatic carbocycles. The molecule has 0 aliphatic heterocycles. The second-order valence-electron chi connectivity index (χ2n) is 4.04. The molecule has 0 atom stereocenters. The number of primary amides is 1. The lowest BCUT2D eigenvalue weighted by atomic mass is 9.95. The van der Waals surface area contributed by atoms with E-state index < -0.39 is 6.03 Å². The van der Waals surface area contributed by atoms with Crippen LogP contribution in [0.25, 0.3) is 0 Å². The summed E-state index contributed by atoms with van der Waals surface area (Å²) in [6, 6.07) is -0.486. The predicted octanol–water partition coefficient (Wildman–Crippen LogP) is 0.492. The van der Waals surface area contributed by atoms with Crippen LogP contribution < -0.4 is 16.6 Å². The highest BCUT2D eigenvalue weighted by Gasteiger charge is 2.44. The normalized spacial score (nSPS) is 38.5. The number of fused-ring (bicyclic) bond motifs is 2. The van der Waals surface area contributed by atoms with Gasteiger partial charge in [0.05, 0.1) is 0 Å². The van der Waals surface area contributed by atoms with E-state index in [0.29, 0.717) is 0 Å². The van der Waals surface area contributed by atoms with Gasteiger partial charge in [0.1, 0.15) is 0 Å². The van der Waals surface area contributed by atoms with Gasteiger partial charge in [-0.3, -0.25) is 5.43 Å². The summed E-state index contributed by atoms with van der Waals surface area (Å²) in [4.78, 5) is 10.5. The molecule has 4 nitrogen and oxygen atoms in total. The molecule has 0 spiro atoms. The molecule has 0 unspecified atom stereocenters. The monoisotopic (exact) mass is 169 g/mol. The molecule has 2 saturated carbocycles. The largest absolute Gasteiger partial charge is 0.351 e. The summed E-state index contributed by atoms with van der Waals surface area (Å²) >= 11 is 0. The first-order valence-electron chi connectivity index (χ1n) is 4.53. The third-order valence-corrected chi connectivity index (χ3v) is 3.19. The second kappa shape index (κ2) is 2.62. The van der Waals surface area contributed by atoms with Crippen LogP contribution in [-0.4, -0.2) is 11.6 Å². The van der Waals surface area contributed by atoms with E-state index in [-0.39, 0.29) is 5.54 Å². The number of hydrazine groups is 1. The van der Waals surface area contributed by atoms with Crippen LogP contribution in [0.4, 0.5) is 4.79 Å². The Hall–Kier alpha value is -0.770. The van der Waals surface area contributed by atoms with Crippen molar-refractivity contribution in [1.29, 1.82) is 0 Å². The maximum Gasteiger partial charge on any atom is 0.326 e. The Labute approximate surface area is 71.9 Å². The fraction of sp³-hybridized carbons (Fsp3) is 0.875. The molecular formula is C8H15N3O. The van der Waals surface area contributed by atoms with Crippen LogP contribution >= 0.6 is 0 Å². The van der Waals surface area contributed by atoms with Gasteiger partial charge in [-0.1, -0.05) is 0 Å². The quantitative estimate of drug-likeness (QED) is 0.527. The molecule has 2 bridgehead atoms. The van der Waals surface area contributed by atoms with Crippen LogP contribution in [0.3, 0.4) is 0 Å². The van der Waals surface area contributed by atoms with Gasteiger partial charge in [-0.2, -0.15) is 0 Å². The summed E-state index contributed by atoms with van der Waals surface area (Å²) < 4.78 is 0. The molecule has 68 valence electrons. The molecule has 0 aromatic rings. The van der Waals surface area contributed by atoms with Gasteiger partial charge in [-0.25, -0.2) is 10.2 Å². The van der Waals surface area contributed by atoms with Gasteiger partial charge in [-0.15, -0.1) is 0 Å². The van der Waals surface area contributed by atoms with Crippen molar-refractivity contribution in [2.24, 2.45) is 11.7 Å². The molecule has 2 rings (SSSR count). The van der Waals surface area contributed by atoms with Gasteiger partial charge in [0.25, 0.3) is 0 Å². The van der Waals surface area contributed by atoms with Crippen LogP contribution in [0.1, 0.15) is 32.1 Å². The summed E-state index contributed by atoms with van der Waals surface area (Å²) in [5.74, 6) is 0.882. The Balaban J connectivity index is 1.90. The van der Waals surface area contributed by atoms with Crippen molar-refractivity contribution in [1.82, 2.24) is 10.9 Å². The lowest BCUT2D eigenvalue weighted by Crippen LogP contribution is -2.53. The minimum absolute atomic E-state index is 0.180. The first-order valence-corrected chi connectivity index (χ1v) is 4.53. The van der Waals surface area contributed by atoms with Crippen molar-refractivity contribution in [3.05, 3.63) is 0 Å². The number of amides is 2. The lowest BCUT2D eigenvalue weighted by molar-refractivity contribution is 0.229. The minimum atomic E-state index is -0.486. The molecule has 0 saturated heterocycles. The first-order chi connectivity index (χ1) is 5.70. The molecule has 0 radical (unpaired) electrons. The van der Waals surface area contributed by atoms with Gasteiger partial charge >= 0.3 is 6.03 Å². The average molecular weight is 169 g/mol. The van der Waals surface area contributed by atoms with Gasteiger partial charge in [0.2, 0.25) is 0 Å². The Morgan fingerprint density at radius 3 is 2.50 bits per heavy atom. The Morgan fingerprint density at radius 2 is 2.08 bits per heavy atom. The van der Waals surface area contributed by atoms with E-state index in [9.17, 15) is 4.79 Å². The predicted molar refractivity (Wildman–Crippen MR) is 45.2 cm³/mol. The molecule has 2 aliphatic rings. The number of carbonyl (C=O) groups excluding carboxylic acids is 1. The summed E-state index contributed by atoms with van der Waals surface area (Å²) in [5, 5.41) is 0. The van der Waals surface area contributed by atoms with Crippen molar-refractivity contribution in [3.63, 3.8) is 0 Å². The van der Waals surface area contributed by atoms with Crippen LogP contribution in [0.5, 0.6) is 0 Å². The Morgan fingerprint density at radius 1 is 1.42 bits per heavy atom. The number of hydrogen-bond acceptors (Lipinski definition) is 2. The zero-order valence-corrected chi connectivity index (χ0v) is 7.10. The van der Waals surface area contributed by atoms with Crippen LogP contribution in [0, 0.1) is 5.92 Å². The van der Waals surface area contributed by atoms with Gasteiger partial charge in [-0.05, 0) is 38.0 Å². The van der Waals surface area contributed by atoms with E-state index in [1.807, 2.05) is 0 Å². The minimum Gasteiger partial charge on any atom is -0.351 e. The van der Waals surface area contributed by atoms with Crippen LogP contribution in [0.2, 0.25) is 0 Å². The maximum absolute atomic E-state index is 10.5. The van der Waals surface area contributed by atoms with E-state index in [4.69, 9.17) is 5.73 Å². The Bertz CT molecular complexity index is 196. The summed E-state index contributed by atoms with van der Waals surface area (Å²) in [6.07, 6.45) is 6.16. The highest BCUT2D eigenvalue weighted by molar-refractivity contribution is 5.71. The molecule has 12 heavy (non-hydrogen) atoms. The van der Waals surface area contributed by atoms with Crippen molar-refractivity contribution in [2.75, 3.05) is 0 Å². The van der Waals surface area contributed by atoms with Crippen molar-refractivity contribution < 1.29 is 4.79 Å². The van der Waals surface area contributed by atoms with E-state index in [0.717, 1.165) is 5.92 Å². The zero-order chi connectivity index (χ0) is 8.60. The van der Waals surface area contributed by atoms with Crippen LogP contribution in [-0.2, 0) is 0 Å². The van der Waals surface area contributed by atoms with Crippen molar-refractivity contribution >= 4 is 6.03 Å². The third-order valence-electron chi connectivity index (χ3n) is 3.19. The topological polar surface area (TPSA) is 67.2 Å². The lowest BCUT2D eigenvalue weighted by Gasteiger charge is -2.27. The van der Waals surface area contributed by atoms with Gasteiger partial charge in [0.15, 0.2) is 0 Å². The molecule has 0 heterocycles. The molecule has 4 N–H and O–H groups in total. The summed E-state index contributed by atoms with van der Waals surface area (Å²) in [7, 11) is 0. The van der Waals surface area contributed by atoms with Crippen molar-refractivity contribution in [3.8, 4) is 0 Å². The molecule has 4 heteroatoms. The van der Waals surface area contributed by atoms with Crippen molar-refractivity contribution in [2.45, 2.75) is 37.6 Å². The molecule has 2 fully saturated rings. The Kier molecular flexibility index (Phi) is 1.72. The number of nitrogens with two attached hydrogens (primary N) is 1. The van der Waals surface area contributed by atoms with Crippen LogP contribution in [0.15, 0.2) is 0 Å². The standard InChI is InChI=1S/C8H15N3O/c9-7(12)10-11-8-3-1-6(5-8)2-4-8/h6,11H,1-5H2,(H3,9,10,12). The molecule has 2 amide bonds. The molecule has 0 aromatic carbocycles. The maximum atomic E-state index is 10.5. The average Bonchev–Trinajstić information content (AvgIpc) is 2.60. The smallest absolute Gasteiger partial charge is 0.326 e. The first kappa shape index (κ1) is 7.86. The summed E-state index contributed by atoms with van der Waals surface area (Å²) in [6.45, 7) is 0. The zero-order valence-electron chi connectivity index (χ0n) is 7.10. The number of rotatable bonds is 2. The highest BCUT2D eigenvalue weighted by Crippen LogP contribution is 2.47. The van der Waals surface area contributed by atoms with Gasteiger partial charge < -0.3 is 5.73 Å². The summed E-state index contributed by atoms with van der Waals surface area (Å²) in [5.41, 5.74) is 10.7. The number of urea groups is 1. The SMILES string of the molecule is NC(=O)NNC12CCC(CC1)C2. The van der Waals surface area contributed by atoms with Gasteiger partial charge in [0, 0.05) is 5.54 Å².